The Morgan fingerprint density at radius 1 is 1.23 bits per heavy atom. The van der Waals surface area contributed by atoms with Crippen molar-refractivity contribution in [2.24, 2.45) is 0 Å². The summed E-state index contributed by atoms with van der Waals surface area (Å²) < 4.78 is 5.72. The van der Waals surface area contributed by atoms with E-state index in [0.29, 0.717) is 18.8 Å². The summed E-state index contributed by atoms with van der Waals surface area (Å²) in [6.07, 6.45) is 5.63. The van der Waals surface area contributed by atoms with E-state index >= 15 is 0 Å². The van der Waals surface area contributed by atoms with Gasteiger partial charge in [-0.3, -0.25) is 9.78 Å². The fourth-order valence-corrected chi connectivity index (χ4v) is 2.49. The zero-order chi connectivity index (χ0) is 18.8. The largest absolute Gasteiger partial charge is 0.489 e. The lowest BCUT2D eigenvalue weighted by Crippen LogP contribution is -2.41. The van der Waals surface area contributed by atoms with Gasteiger partial charge in [-0.1, -0.05) is 38.0 Å². The zero-order valence-electron chi connectivity index (χ0n) is 14.9. The van der Waals surface area contributed by atoms with Gasteiger partial charge in [0.1, 0.15) is 18.4 Å². The minimum absolute atomic E-state index is 0.111. The van der Waals surface area contributed by atoms with E-state index in [2.05, 4.69) is 10.3 Å². The molecule has 1 atom stereocenters. The van der Waals surface area contributed by atoms with Crippen molar-refractivity contribution in [2.45, 2.75) is 45.3 Å². The van der Waals surface area contributed by atoms with Crippen LogP contribution in [0.5, 0.6) is 5.75 Å². The van der Waals surface area contributed by atoms with Crippen molar-refractivity contribution in [1.29, 1.82) is 0 Å². The third-order valence-corrected chi connectivity index (χ3v) is 3.87. The van der Waals surface area contributed by atoms with E-state index in [1.807, 2.05) is 37.3 Å². The SMILES string of the molecule is CCCC[C@H](NC(=O)Cc1cccc(OCc2cccnc2)c1)C(=O)O. The van der Waals surface area contributed by atoms with Crippen molar-refractivity contribution in [3.05, 3.63) is 59.9 Å². The van der Waals surface area contributed by atoms with Crippen LogP contribution < -0.4 is 10.1 Å². The van der Waals surface area contributed by atoms with Crippen molar-refractivity contribution in [1.82, 2.24) is 10.3 Å². The van der Waals surface area contributed by atoms with E-state index in [0.717, 1.165) is 24.0 Å². The molecule has 2 N–H and O–H groups in total. The highest BCUT2D eigenvalue weighted by Gasteiger charge is 2.19. The van der Waals surface area contributed by atoms with Crippen LogP contribution in [0.1, 0.15) is 37.3 Å². The molecule has 6 nitrogen and oxygen atoms in total. The zero-order valence-corrected chi connectivity index (χ0v) is 14.9. The second-order valence-electron chi connectivity index (χ2n) is 6.07. The van der Waals surface area contributed by atoms with Gasteiger partial charge in [-0.15, -0.1) is 0 Å². The summed E-state index contributed by atoms with van der Waals surface area (Å²) in [6, 6.07) is 10.2. The van der Waals surface area contributed by atoms with E-state index in [4.69, 9.17) is 4.74 Å². The number of pyridine rings is 1. The number of carbonyl (C=O) groups is 2. The predicted molar refractivity (Wildman–Crippen MR) is 97.8 cm³/mol. The first kappa shape index (κ1) is 19.4. The third kappa shape index (κ3) is 6.55. The summed E-state index contributed by atoms with van der Waals surface area (Å²) in [5, 5.41) is 11.8. The minimum Gasteiger partial charge on any atom is -0.489 e. The number of hydrogen-bond donors (Lipinski definition) is 2. The number of benzene rings is 1. The summed E-state index contributed by atoms with van der Waals surface area (Å²) in [5.74, 6) is -0.654. The molecule has 6 heteroatoms. The van der Waals surface area contributed by atoms with Gasteiger partial charge in [-0.05, 0) is 30.2 Å². The molecule has 1 aromatic carbocycles. The molecule has 1 amide bonds. The molecule has 2 aromatic rings. The second kappa shape index (κ2) is 10.2. The van der Waals surface area contributed by atoms with Crippen LogP contribution in [0.25, 0.3) is 0 Å². The normalized spacial score (nSPS) is 11.6. The number of rotatable bonds is 10. The molecule has 138 valence electrons. The number of nitrogens with zero attached hydrogens (tertiary/aromatic N) is 1. The van der Waals surface area contributed by atoms with Gasteiger partial charge in [0.05, 0.1) is 6.42 Å². The molecule has 0 saturated heterocycles. The summed E-state index contributed by atoms with van der Waals surface area (Å²) >= 11 is 0. The van der Waals surface area contributed by atoms with Crippen molar-refractivity contribution in [3.63, 3.8) is 0 Å². The van der Waals surface area contributed by atoms with Gasteiger partial charge >= 0.3 is 5.97 Å². The van der Waals surface area contributed by atoms with Gasteiger partial charge in [0.15, 0.2) is 0 Å². The summed E-state index contributed by atoms with van der Waals surface area (Å²) in [4.78, 5) is 27.4. The Labute approximate surface area is 153 Å². The number of nitrogens with one attached hydrogen (secondary N) is 1. The van der Waals surface area contributed by atoms with Crippen molar-refractivity contribution in [2.75, 3.05) is 0 Å². The highest BCUT2D eigenvalue weighted by Crippen LogP contribution is 2.15. The molecule has 0 aliphatic carbocycles. The number of carboxylic acids is 1. The molecular formula is C20H24N2O4. The Balaban J connectivity index is 1.90. The predicted octanol–water partition coefficient (Wildman–Crippen LogP) is 2.96. The molecule has 0 spiro atoms. The van der Waals surface area contributed by atoms with Crippen LogP contribution in [0.3, 0.4) is 0 Å². The van der Waals surface area contributed by atoms with Gasteiger partial charge in [0.25, 0.3) is 0 Å². The van der Waals surface area contributed by atoms with Gasteiger partial charge in [-0.2, -0.15) is 0 Å². The fourth-order valence-electron chi connectivity index (χ4n) is 2.49. The number of amides is 1. The number of unbranched alkanes of at least 4 members (excludes halogenated alkanes) is 1. The maximum Gasteiger partial charge on any atom is 0.326 e. The number of aromatic nitrogens is 1. The van der Waals surface area contributed by atoms with Crippen molar-refractivity contribution in [3.8, 4) is 5.75 Å². The number of carbonyl (C=O) groups excluding carboxylic acids is 1. The fraction of sp³-hybridized carbons (Fsp3) is 0.350. The molecule has 1 heterocycles. The Hall–Kier alpha value is -2.89. The summed E-state index contributed by atoms with van der Waals surface area (Å²) in [5.41, 5.74) is 1.72. The molecule has 0 fully saturated rings. The maximum absolute atomic E-state index is 12.2. The van der Waals surface area contributed by atoms with Crippen LogP contribution in [0.15, 0.2) is 48.8 Å². The van der Waals surface area contributed by atoms with Gasteiger partial charge in [-0.25, -0.2) is 4.79 Å². The van der Waals surface area contributed by atoms with E-state index in [1.54, 1.807) is 18.5 Å². The van der Waals surface area contributed by atoms with Gasteiger partial charge < -0.3 is 15.2 Å². The number of carboxylic acid groups (broad SMARTS) is 1. The van der Waals surface area contributed by atoms with E-state index in [-0.39, 0.29) is 12.3 Å². The Morgan fingerprint density at radius 3 is 2.73 bits per heavy atom. The average Bonchev–Trinajstić information content (AvgIpc) is 2.64. The first-order valence-electron chi connectivity index (χ1n) is 8.71. The van der Waals surface area contributed by atoms with Crippen LogP contribution in [0, 0.1) is 0 Å². The van der Waals surface area contributed by atoms with Crippen LogP contribution >= 0.6 is 0 Å². The molecular weight excluding hydrogens is 332 g/mol. The Morgan fingerprint density at radius 2 is 2.04 bits per heavy atom. The Kier molecular flexibility index (Phi) is 7.61. The first-order valence-corrected chi connectivity index (χ1v) is 8.71. The number of aliphatic carboxylic acids is 1. The molecule has 0 aliphatic heterocycles. The lowest BCUT2D eigenvalue weighted by molar-refractivity contribution is -0.142. The Bertz CT molecular complexity index is 719. The quantitative estimate of drug-likeness (QED) is 0.683. The molecule has 1 aromatic heterocycles. The van der Waals surface area contributed by atoms with E-state index in [9.17, 15) is 14.7 Å². The van der Waals surface area contributed by atoms with E-state index in [1.165, 1.54) is 0 Å². The second-order valence-corrected chi connectivity index (χ2v) is 6.07. The highest BCUT2D eigenvalue weighted by atomic mass is 16.5. The molecule has 0 bridgehead atoms. The molecule has 0 radical (unpaired) electrons. The number of ether oxygens (including phenoxy) is 1. The monoisotopic (exact) mass is 356 g/mol. The van der Waals surface area contributed by atoms with E-state index < -0.39 is 12.0 Å². The molecule has 26 heavy (non-hydrogen) atoms. The van der Waals surface area contributed by atoms with Gasteiger partial charge in [0, 0.05) is 18.0 Å². The average molecular weight is 356 g/mol. The lowest BCUT2D eigenvalue weighted by atomic mass is 10.1. The standard InChI is InChI=1S/C20H24N2O4/c1-2-3-9-18(20(24)25)22-19(23)12-15-6-4-8-17(11-15)26-14-16-7-5-10-21-13-16/h4-8,10-11,13,18H,2-3,9,12,14H2,1H3,(H,22,23)(H,24,25)/t18-/m0/s1. The van der Waals surface area contributed by atoms with Crippen molar-refractivity contribution >= 4 is 11.9 Å². The molecule has 0 unspecified atom stereocenters. The third-order valence-electron chi connectivity index (χ3n) is 3.87. The van der Waals surface area contributed by atoms with Crippen LogP contribution in [0.4, 0.5) is 0 Å². The minimum atomic E-state index is -1.000. The topological polar surface area (TPSA) is 88.5 Å². The van der Waals surface area contributed by atoms with Crippen LogP contribution in [0.2, 0.25) is 0 Å². The van der Waals surface area contributed by atoms with Crippen LogP contribution in [-0.2, 0) is 22.6 Å². The smallest absolute Gasteiger partial charge is 0.326 e. The van der Waals surface area contributed by atoms with Crippen LogP contribution in [-0.4, -0.2) is 28.0 Å². The lowest BCUT2D eigenvalue weighted by Gasteiger charge is -2.14. The van der Waals surface area contributed by atoms with Gasteiger partial charge in [0.2, 0.25) is 5.91 Å². The summed E-state index contributed by atoms with van der Waals surface area (Å²) in [6.45, 7) is 2.37. The molecule has 0 saturated carbocycles. The highest BCUT2D eigenvalue weighted by molar-refractivity contribution is 5.84. The maximum atomic E-state index is 12.2. The molecule has 0 aliphatic rings. The first-order chi connectivity index (χ1) is 12.6. The number of hydrogen-bond acceptors (Lipinski definition) is 4. The summed E-state index contributed by atoms with van der Waals surface area (Å²) in [7, 11) is 0. The molecule has 2 rings (SSSR count). The van der Waals surface area contributed by atoms with Crippen molar-refractivity contribution < 1.29 is 19.4 Å².